The molecule has 3 aromatic rings. The topological polar surface area (TPSA) is 37.9 Å². The molecule has 2 aromatic carbocycles. The number of aromatic amines is 1. The summed E-state index contributed by atoms with van der Waals surface area (Å²) in [6.07, 6.45) is 0. The average molecular weight is 287 g/mol. The summed E-state index contributed by atoms with van der Waals surface area (Å²) in [4.78, 5) is 7.82. The molecule has 0 aliphatic rings. The van der Waals surface area contributed by atoms with E-state index in [0.717, 1.165) is 22.6 Å². The van der Waals surface area contributed by atoms with Gasteiger partial charge in [0.2, 0.25) is 0 Å². The minimum atomic E-state index is 0.396. The van der Waals surface area contributed by atoms with Crippen LogP contribution < -0.4 is 4.74 Å². The number of hydrogen-bond acceptors (Lipinski definition) is 2. The number of imidazole rings is 1. The van der Waals surface area contributed by atoms with E-state index in [1.807, 2.05) is 18.2 Å². The van der Waals surface area contributed by atoms with Crippen LogP contribution in [-0.4, -0.2) is 9.97 Å². The molecule has 102 valence electrons. The number of halogens is 1. The van der Waals surface area contributed by atoms with E-state index in [4.69, 9.17) is 16.3 Å². The molecule has 0 atom stereocenters. The smallest absolute Gasteiger partial charge is 0.146 e. The Balaban J connectivity index is 1.81. The first-order chi connectivity index (χ1) is 9.61. The average Bonchev–Trinajstić information content (AvgIpc) is 2.79. The Morgan fingerprint density at radius 1 is 1.15 bits per heavy atom. The molecule has 20 heavy (non-hydrogen) atoms. The fourth-order valence-electron chi connectivity index (χ4n) is 2.10. The van der Waals surface area contributed by atoms with E-state index in [9.17, 15) is 0 Å². The van der Waals surface area contributed by atoms with Gasteiger partial charge in [-0.1, -0.05) is 17.7 Å². The van der Waals surface area contributed by atoms with Gasteiger partial charge in [0.15, 0.2) is 0 Å². The van der Waals surface area contributed by atoms with Crippen LogP contribution in [0.15, 0.2) is 36.4 Å². The fraction of sp³-hybridized carbons (Fsp3) is 0.188. The third kappa shape index (κ3) is 2.63. The van der Waals surface area contributed by atoms with Crippen LogP contribution in [0.2, 0.25) is 5.02 Å². The molecule has 1 aromatic heterocycles. The molecule has 0 aliphatic carbocycles. The number of fused-ring (bicyclic) bond motifs is 1. The zero-order valence-electron chi connectivity index (χ0n) is 11.4. The molecule has 0 spiro atoms. The van der Waals surface area contributed by atoms with Crippen molar-refractivity contribution in [2.45, 2.75) is 20.5 Å². The highest BCUT2D eigenvalue weighted by Crippen LogP contribution is 2.20. The predicted molar refractivity (Wildman–Crippen MR) is 81.4 cm³/mol. The predicted octanol–water partition coefficient (Wildman–Crippen LogP) is 4.41. The van der Waals surface area contributed by atoms with E-state index in [-0.39, 0.29) is 0 Å². The van der Waals surface area contributed by atoms with Gasteiger partial charge >= 0.3 is 0 Å². The van der Waals surface area contributed by atoms with Gasteiger partial charge in [0, 0.05) is 5.02 Å². The summed E-state index contributed by atoms with van der Waals surface area (Å²) in [5.41, 5.74) is 4.50. The van der Waals surface area contributed by atoms with Crippen molar-refractivity contribution in [1.29, 1.82) is 0 Å². The number of H-pyrrole nitrogens is 1. The molecule has 0 fully saturated rings. The Morgan fingerprint density at radius 2 is 1.95 bits per heavy atom. The fourth-order valence-corrected chi connectivity index (χ4v) is 2.28. The monoisotopic (exact) mass is 286 g/mol. The third-order valence-electron chi connectivity index (χ3n) is 3.32. The minimum Gasteiger partial charge on any atom is -0.486 e. The lowest BCUT2D eigenvalue weighted by Gasteiger charge is -2.03. The van der Waals surface area contributed by atoms with E-state index in [2.05, 4.69) is 35.9 Å². The van der Waals surface area contributed by atoms with Crippen LogP contribution in [0.3, 0.4) is 0 Å². The maximum Gasteiger partial charge on any atom is 0.146 e. The van der Waals surface area contributed by atoms with Crippen LogP contribution in [0.1, 0.15) is 17.0 Å². The molecular formula is C16H15ClN2O. The summed E-state index contributed by atoms with van der Waals surface area (Å²) < 4.78 is 5.68. The van der Waals surface area contributed by atoms with E-state index in [1.54, 1.807) is 6.07 Å². The first-order valence-electron chi connectivity index (χ1n) is 6.46. The highest BCUT2D eigenvalue weighted by Gasteiger charge is 2.05. The molecule has 0 amide bonds. The number of ether oxygens (including phenoxy) is 1. The normalized spacial score (nSPS) is 10.9. The maximum absolute atomic E-state index is 5.92. The van der Waals surface area contributed by atoms with Crippen LogP contribution in [0.5, 0.6) is 5.75 Å². The summed E-state index contributed by atoms with van der Waals surface area (Å²) in [7, 11) is 0. The van der Waals surface area contributed by atoms with Gasteiger partial charge in [0.1, 0.15) is 18.2 Å². The number of benzene rings is 2. The minimum absolute atomic E-state index is 0.396. The Bertz CT molecular complexity index is 725. The lowest BCUT2D eigenvalue weighted by Crippen LogP contribution is -1.97. The highest BCUT2D eigenvalue weighted by atomic mass is 35.5. The third-order valence-corrected chi connectivity index (χ3v) is 3.55. The van der Waals surface area contributed by atoms with Gasteiger partial charge in [-0.2, -0.15) is 0 Å². The molecule has 3 rings (SSSR count). The summed E-state index contributed by atoms with van der Waals surface area (Å²) in [6.45, 7) is 4.58. The van der Waals surface area contributed by atoms with Crippen molar-refractivity contribution in [2.24, 2.45) is 0 Å². The van der Waals surface area contributed by atoms with E-state index in [1.165, 1.54) is 11.1 Å². The van der Waals surface area contributed by atoms with Crippen LogP contribution in [0, 0.1) is 13.8 Å². The summed E-state index contributed by atoms with van der Waals surface area (Å²) in [6, 6.07) is 11.6. The molecule has 0 unspecified atom stereocenters. The van der Waals surface area contributed by atoms with Crippen molar-refractivity contribution in [3.63, 3.8) is 0 Å². The van der Waals surface area contributed by atoms with Crippen molar-refractivity contribution >= 4 is 22.6 Å². The quantitative estimate of drug-likeness (QED) is 0.774. The Kier molecular flexibility index (Phi) is 3.36. The van der Waals surface area contributed by atoms with Crippen molar-refractivity contribution in [1.82, 2.24) is 9.97 Å². The number of rotatable bonds is 3. The second kappa shape index (κ2) is 5.17. The van der Waals surface area contributed by atoms with Crippen LogP contribution in [0.4, 0.5) is 0 Å². The molecule has 0 radical (unpaired) electrons. The molecule has 0 saturated heterocycles. The van der Waals surface area contributed by atoms with Gasteiger partial charge < -0.3 is 9.72 Å². The molecule has 3 nitrogen and oxygen atoms in total. The van der Waals surface area contributed by atoms with E-state index in [0.29, 0.717) is 11.6 Å². The molecular weight excluding hydrogens is 272 g/mol. The molecule has 0 aliphatic heterocycles. The standard InChI is InChI=1S/C16H15ClN2O/c1-10-6-14-15(7-11(10)2)19-16(18-14)9-20-13-5-3-4-12(17)8-13/h3-8H,9H2,1-2H3,(H,18,19). The van der Waals surface area contributed by atoms with E-state index < -0.39 is 0 Å². The molecule has 1 heterocycles. The van der Waals surface area contributed by atoms with Gasteiger partial charge in [-0.05, 0) is 55.3 Å². The van der Waals surface area contributed by atoms with Crippen molar-refractivity contribution in [3.05, 3.63) is 58.4 Å². The van der Waals surface area contributed by atoms with Gasteiger partial charge in [-0.3, -0.25) is 0 Å². The molecule has 1 N–H and O–H groups in total. The van der Waals surface area contributed by atoms with Gasteiger partial charge in [0.05, 0.1) is 11.0 Å². The summed E-state index contributed by atoms with van der Waals surface area (Å²) in [5, 5.41) is 0.665. The number of nitrogens with one attached hydrogen (secondary N) is 1. The summed E-state index contributed by atoms with van der Waals surface area (Å²) >= 11 is 5.92. The van der Waals surface area contributed by atoms with Crippen molar-refractivity contribution < 1.29 is 4.74 Å². The number of aromatic nitrogens is 2. The van der Waals surface area contributed by atoms with Gasteiger partial charge in [-0.25, -0.2) is 4.98 Å². The van der Waals surface area contributed by atoms with Crippen LogP contribution >= 0.6 is 11.6 Å². The van der Waals surface area contributed by atoms with Crippen LogP contribution in [-0.2, 0) is 6.61 Å². The SMILES string of the molecule is Cc1cc2nc(COc3cccc(Cl)c3)[nH]c2cc1C. The largest absolute Gasteiger partial charge is 0.486 e. The maximum atomic E-state index is 5.92. The van der Waals surface area contributed by atoms with Gasteiger partial charge in [0.25, 0.3) is 0 Å². The molecule has 0 saturated carbocycles. The van der Waals surface area contributed by atoms with Gasteiger partial charge in [-0.15, -0.1) is 0 Å². The summed E-state index contributed by atoms with van der Waals surface area (Å²) in [5.74, 6) is 1.55. The Morgan fingerprint density at radius 3 is 2.75 bits per heavy atom. The lowest BCUT2D eigenvalue weighted by atomic mass is 10.1. The Hall–Kier alpha value is -2.00. The lowest BCUT2D eigenvalue weighted by molar-refractivity contribution is 0.297. The number of nitrogens with zero attached hydrogens (tertiary/aromatic N) is 1. The number of aryl methyl sites for hydroxylation is 2. The first kappa shape index (κ1) is 13.0. The highest BCUT2D eigenvalue weighted by molar-refractivity contribution is 6.30. The number of hydrogen-bond donors (Lipinski definition) is 1. The second-order valence-corrected chi connectivity index (χ2v) is 5.32. The zero-order chi connectivity index (χ0) is 14.1. The second-order valence-electron chi connectivity index (χ2n) is 4.88. The van der Waals surface area contributed by atoms with Crippen LogP contribution in [0.25, 0.3) is 11.0 Å². The molecule has 4 heteroatoms. The van der Waals surface area contributed by atoms with Crippen molar-refractivity contribution in [3.8, 4) is 5.75 Å². The van der Waals surface area contributed by atoms with Crippen molar-refractivity contribution in [2.75, 3.05) is 0 Å². The Labute approximate surface area is 122 Å². The molecule has 0 bridgehead atoms. The first-order valence-corrected chi connectivity index (χ1v) is 6.84. The zero-order valence-corrected chi connectivity index (χ0v) is 12.2. The van der Waals surface area contributed by atoms with E-state index >= 15 is 0 Å².